The third kappa shape index (κ3) is 1.18. The lowest BCUT2D eigenvalue weighted by molar-refractivity contribution is 0.626. The van der Waals surface area contributed by atoms with Gasteiger partial charge in [-0.3, -0.25) is 4.99 Å². The molecule has 1 rings (SSSR count). The molecule has 0 aromatic carbocycles. The van der Waals surface area contributed by atoms with Gasteiger partial charge in [-0.15, -0.1) is 0 Å². The summed E-state index contributed by atoms with van der Waals surface area (Å²) in [6.45, 7) is 3.21. The van der Waals surface area contributed by atoms with Gasteiger partial charge in [-0.25, -0.2) is 0 Å². The molecular weight excluding hydrogens is 88.1 g/mol. The molecule has 0 unspecified atom stereocenters. The molecule has 0 radical (unpaired) electrons. The highest BCUT2D eigenvalue weighted by atomic mass is 15.0. The molecule has 2 nitrogen and oxygen atoms in total. The maximum absolute atomic E-state index is 4.09. The average Bonchev–Trinajstić information content (AvgIpc) is 1.69. The van der Waals surface area contributed by atoms with Crippen LogP contribution in [0.15, 0.2) is 4.99 Å². The van der Waals surface area contributed by atoms with Gasteiger partial charge in [-0.05, 0) is 13.3 Å². The van der Waals surface area contributed by atoms with Crippen LogP contribution in [-0.4, -0.2) is 18.9 Å². The molecule has 0 fully saturated rings. The van der Waals surface area contributed by atoms with Crippen molar-refractivity contribution in [1.29, 1.82) is 0 Å². The summed E-state index contributed by atoms with van der Waals surface area (Å²) in [6, 6.07) is 0.543. The molecule has 2 heteroatoms. The van der Waals surface area contributed by atoms with Gasteiger partial charge in [0.25, 0.3) is 0 Å². The van der Waals surface area contributed by atoms with E-state index in [1.807, 2.05) is 0 Å². The Labute approximate surface area is 43.6 Å². The Morgan fingerprint density at radius 2 is 2.71 bits per heavy atom. The molecule has 0 saturated carbocycles. The summed E-state index contributed by atoms with van der Waals surface area (Å²) in [6.07, 6.45) is 2.96. The van der Waals surface area contributed by atoms with E-state index in [1.165, 1.54) is 6.42 Å². The fourth-order valence-corrected chi connectivity index (χ4v) is 0.611. The standard InChI is InChI=1S/C5H10N2/c1-5-2-3-6-4-7-5/h4-5H,2-3H2,1H3,(H,6,7)/t5-/m1/s1. The number of aliphatic imine (C=N–C) groups is 1. The van der Waals surface area contributed by atoms with Crippen LogP contribution >= 0.6 is 0 Å². The summed E-state index contributed by atoms with van der Waals surface area (Å²) in [5.74, 6) is 0. The minimum Gasteiger partial charge on any atom is -0.376 e. The van der Waals surface area contributed by atoms with E-state index in [4.69, 9.17) is 0 Å². The van der Waals surface area contributed by atoms with Crippen LogP contribution in [0.25, 0.3) is 0 Å². The van der Waals surface area contributed by atoms with E-state index in [9.17, 15) is 0 Å². The van der Waals surface area contributed by atoms with E-state index in [0.717, 1.165) is 6.54 Å². The van der Waals surface area contributed by atoms with E-state index >= 15 is 0 Å². The van der Waals surface area contributed by atoms with Crippen molar-refractivity contribution in [3.63, 3.8) is 0 Å². The molecule has 0 aromatic rings. The van der Waals surface area contributed by atoms with Crippen LogP contribution in [0.2, 0.25) is 0 Å². The Kier molecular flexibility index (Phi) is 1.29. The Bertz CT molecular complexity index is 78.1. The minimum absolute atomic E-state index is 0.543. The third-order valence-electron chi connectivity index (χ3n) is 1.13. The van der Waals surface area contributed by atoms with Gasteiger partial charge in [-0.1, -0.05) is 0 Å². The molecule has 1 atom stereocenters. The topological polar surface area (TPSA) is 24.4 Å². The van der Waals surface area contributed by atoms with Crippen molar-refractivity contribution < 1.29 is 0 Å². The number of nitrogens with one attached hydrogen (secondary N) is 1. The van der Waals surface area contributed by atoms with Crippen molar-refractivity contribution in [2.24, 2.45) is 4.99 Å². The van der Waals surface area contributed by atoms with Crippen LogP contribution in [0, 0.1) is 0 Å². The van der Waals surface area contributed by atoms with E-state index < -0.39 is 0 Å². The van der Waals surface area contributed by atoms with Crippen molar-refractivity contribution in [3.05, 3.63) is 0 Å². The highest BCUT2D eigenvalue weighted by Crippen LogP contribution is 1.95. The average molecular weight is 98.1 g/mol. The van der Waals surface area contributed by atoms with Crippen molar-refractivity contribution in [1.82, 2.24) is 5.32 Å². The molecule has 0 aliphatic carbocycles. The highest BCUT2D eigenvalue weighted by Gasteiger charge is 1.98. The fraction of sp³-hybridized carbons (Fsp3) is 0.800. The van der Waals surface area contributed by atoms with Gasteiger partial charge < -0.3 is 5.32 Å². The summed E-state index contributed by atoms with van der Waals surface area (Å²) in [4.78, 5) is 4.09. The van der Waals surface area contributed by atoms with Crippen LogP contribution in [0.5, 0.6) is 0 Å². The Morgan fingerprint density at radius 1 is 1.86 bits per heavy atom. The third-order valence-corrected chi connectivity index (χ3v) is 1.13. The Morgan fingerprint density at radius 3 is 3.00 bits per heavy atom. The predicted molar refractivity (Wildman–Crippen MR) is 30.6 cm³/mol. The van der Waals surface area contributed by atoms with E-state index in [1.54, 1.807) is 6.34 Å². The molecule has 0 bridgehead atoms. The molecule has 1 aliphatic rings. The lowest BCUT2D eigenvalue weighted by atomic mass is 10.2. The number of hydrogen-bond donors (Lipinski definition) is 1. The van der Waals surface area contributed by atoms with Gasteiger partial charge >= 0.3 is 0 Å². The molecule has 0 saturated heterocycles. The van der Waals surface area contributed by atoms with Gasteiger partial charge in [0.1, 0.15) is 0 Å². The summed E-state index contributed by atoms with van der Waals surface area (Å²) in [5, 5.41) is 3.02. The van der Waals surface area contributed by atoms with Crippen molar-refractivity contribution >= 4 is 6.34 Å². The molecule has 0 amide bonds. The van der Waals surface area contributed by atoms with Crippen LogP contribution in [0.4, 0.5) is 0 Å². The monoisotopic (exact) mass is 98.1 g/mol. The molecule has 1 aliphatic heterocycles. The van der Waals surface area contributed by atoms with Crippen molar-refractivity contribution in [2.45, 2.75) is 19.4 Å². The first kappa shape index (κ1) is 4.62. The number of hydrogen-bond acceptors (Lipinski definition) is 2. The maximum Gasteiger partial charge on any atom is 0.0827 e. The molecule has 0 aromatic heterocycles. The van der Waals surface area contributed by atoms with Gasteiger partial charge in [0.15, 0.2) is 0 Å². The second kappa shape index (κ2) is 1.96. The van der Waals surface area contributed by atoms with E-state index in [0.29, 0.717) is 6.04 Å². The van der Waals surface area contributed by atoms with E-state index in [-0.39, 0.29) is 0 Å². The van der Waals surface area contributed by atoms with Gasteiger partial charge in [0.05, 0.1) is 12.4 Å². The zero-order chi connectivity index (χ0) is 5.11. The first-order valence-electron chi connectivity index (χ1n) is 2.64. The molecule has 1 N–H and O–H groups in total. The second-order valence-corrected chi connectivity index (χ2v) is 1.87. The summed E-state index contributed by atoms with van der Waals surface area (Å²) in [5.41, 5.74) is 0. The molecule has 1 heterocycles. The normalized spacial score (nSPS) is 29.6. The zero-order valence-electron chi connectivity index (χ0n) is 4.52. The molecular formula is C5H10N2. The Hall–Kier alpha value is -0.530. The molecule has 0 spiro atoms. The van der Waals surface area contributed by atoms with Gasteiger partial charge in [-0.2, -0.15) is 0 Å². The first-order valence-corrected chi connectivity index (χ1v) is 2.64. The van der Waals surface area contributed by atoms with Crippen molar-refractivity contribution in [3.8, 4) is 0 Å². The minimum atomic E-state index is 0.543. The van der Waals surface area contributed by atoms with Crippen LogP contribution in [0.3, 0.4) is 0 Å². The summed E-state index contributed by atoms with van der Waals surface area (Å²) in [7, 11) is 0. The Balaban J connectivity index is 2.36. The summed E-state index contributed by atoms with van der Waals surface area (Å²) < 4.78 is 0. The maximum atomic E-state index is 4.09. The van der Waals surface area contributed by atoms with Crippen LogP contribution in [-0.2, 0) is 0 Å². The van der Waals surface area contributed by atoms with Crippen LogP contribution in [0.1, 0.15) is 13.3 Å². The van der Waals surface area contributed by atoms with Crippen LogP contribution < -0.4 is 5.32 Å². The highest BCUT2D eigenvalue weighted by molar-refractivity contribution is 5.55. The van der Waals surface area contributed by atoms with Crippen molar-refractivity contribution in [2.75, 3.05) is 6.54 Å². The number of rotatable bonds is 0. The predicted octanol–water partition coefficient (Wildman–Crippen LogP) is 0.397. The first-order chi connectivity index (χ1) is 3.39. The lowest BCUT2D eigenvalue weighted by Crippen LogP contribution is -2.22. The fourth-order valence-electron chi connectivity index (χ4n) is 0.611. The van der Waals surface area contributed by atoms with E-state index in [2.05, 4.69) is 17.2 Å². The SMILES string of the molecule is C[C@@H]1CCNC=N1. The quantitative estimate of drug-likeness (QED) is 0.466. The second-order valence-electron chi connectivity index (χ2n) is 1.87. The summed E-state index contributed by atoms with van der Waals surface area (Å²) >= 11 is 0. The largest absolute Gasteiger partial charge is 0.376 e. The number of nitrogens with zero attached hydrogens (tertiary/aromatic N) is 1. The molecule has 7 heavy (non-hydrogen) atoms. The van der Waals surface area contributed by atoms with Gasteiger partial charge in [0.2, 0.25) is 0 Å². The zero-order valence-corrected chi connectivity index (χ0v) is 4.52. The van der Waals surface area contributed by atoms with Gasteiger partial charge in [0, 0.05) is 6.54 Å². The molecule has 40 valence electrons. The smallest absolute Gasteiger partial charge is 0.0827 e. The lowest BCUT2D eigenvalue weighted by Gasteiger charge is -2.10.